The van der Waals surface area contributed by atoms with Crippen LogP contribution in [0.5, 0.6) is 11.5 Å². The molecule has 6 heteroatoms. The first-order valence-electron chi connectivity index (χ1n) is 10.1. The van der Waals surface area contributed by atoms with Crippen LogP contribution in [0.4, 0.5) is 0 Å². The van der Waals surface area contributed by atoms with Crippen molar-refractivity contribution in [2.24, 2.45) is 0 Å². The summed E-state index contributed by atoms with van der Waals surface area (Å²) in [5, 5.41) is 17.8. The zero-order valence-electron chi connectivity index (χ0n) is 16.6. The van der Waals surface area contributed by atoms with Crippen LogP contribution in [0.25, 0.3) is 5.57 Å². The van der Waals surface area contributed by atoms with Gasteiger partial charge in [-0.2, -0.15) is 5.10 Å². The molecular weight excluding hydrogens is 354 g/mol. The van der Waals surface area contributed by atoms with Crippen molar-refractivity contribution >= 4 is 11.9 Å². The van der Waals surface area contributed by atoms with E-state index in [2.05, 4.69) is 21.2 Å². The number of rotatable bonds is 6. The molecule has 0 saturated heterocycles. The summed E-state index contributed by atoms with van der Waals surface area (Å²) in [6, 6.07) is 7.46. The second-order valence-electron chi connectivity index (χ2n) is 6.85. The number of phenols is 1. The maximum Gasteiger partial charge on any atom is 0.157 e. The maximum absolute atomic E-state index is 11.2. The summed E-state index contributed by atoms with van der Waals surface area (Å²) in [6.45, 7) is 6.09. The van der Waals surface area contributed by atoms with E-state index in [1.54, 1.807) is 12.1 Å². The Morgan fingerprint density at radius 2 is 2.14 bits per heavy atom. The van der Waals surface area contributed by atoms with Crippen molar-refractivity contribution in [3.63, 3.8) is 0 Å². The molecule has 4 rings (SSSR count). The molecule has 0 atom stereocenters. The van der Waals surface area contributed by atoms with Gasteiger partial charge in [-0.3, -0.25) is 9.48 Å². The molecule has 1 saturated carbocycles. The van der Waals surface area contributed by atoms with Gasteiger partial charge in [-0.15, -0.1) is 0 Å². The Kier molecular flexibility index (Phi) is 6.87. The van der Waals surface area contributed by atoms with Crippen LogP contribution in [0.15, 0.2) is 36.0 Å². The van der Waals surface area contributed by atoms with Crippen molar-refractivity contribution in [2.75, 3.05) is 19.7 Å². The van der Waals surface area contributed by atoms with E-state index < -0.39 is 0 Å². The number of nitrogens with one attached hydrogen (secondary N) is 1. The second-order valence-corrected chi connectivity index (χ2v) is 6.85. The van der Waals surface area contributed by atoms with Gasteiger partial charge in [0.2, 0.25) is 0 Å². The van der Waals surface area contributed by atoms with Gasteiger partial charge in [-0.25, -0.2) is 0 Å². The van der Waals surface area contributed by atoms with E-state index in [-0.39, 0.29) is 11.3 Å². The molecule has 1 aliphatic carbocycles. The minimum Gasteiger partial charge on any atom is -0.507 e. The number of hydrogen-bond donors (Lipinski definition) is 2. The van der Waals surface area contributed by atoms with E-state index in [9.17, 15) is 9.90 Å². The molecule has 1 aromatic heterocycles. The topological polar surface area (TPSA) is 76.4 Å². The molecule has 6 nitrogen and oxygen atoms in total. The van der Waals surface area contributed by atoms with Crippen molar-refractivity contribution in [1.82, 2.24) is 15.1 Å². The normalized spacial score (nSPS) is 16.8. The third-order valence-corrected chi connectivity index (χ3v) is 5.30. The summed E-state index contributed by atoms with van der Waals surface area (Å²) in [4.78, 5) is 11.2. The third kappa shape index (κ3) is 4.12. The van der Waals surface area contributed by atoms with Crippen LogP contribution < -0.4 is 10.1 Å². The second kappa shape index (κ2) is 9.55. The fraction of sp³-hybridized carbons (Fsp3) is 0.455. The quantitative estimate of drug-likeness (QED) is 0.738. The molecule has 1 aromatic carbocycles. The number of carbonyl (C=O) groups excluding carboxylic acids is 1. The van der Waals surface area contributed by atoms with E-state index >= 15 is 0 Å². The molecule has 28 heavy (non-hydrogen) atoms. The third-order valence-electron chi connectivity index (χ3n) is 5.30. The van der Waals surface area contributed by atoms with Gasteiger partial charge < -0.3 is 15.2 Å². The van der Waals surface area contributed by atoms with Gasteiger partial charge in [0, 0.05) is 12.7 Å². The van der Waals surface area contributed by atoms with Crippen molar-refractivity contribution in [3.8, 4) is 11.5 Å². The smallest absolute Gasteiger partial charge is 0.157 e. The Hall–Kier alpha value is -2.60. The molecule has 0 unspecified atom stereocenters. The number of benzene rings is 1. The highest BCUT2D eigenvalue weighted by Gasteiger charge is 2.25. The first kappa shape index (κ1) is 20.1. The van der Waals surface area contributed by atoms with Gasteiger partial charge in [0.15, 0.2) is 6.29 Å². The first-order valence-corrected chi connectivity index (χ1v) is 10.1. The Morgan fingerprint density at radius 3 is 2.86 bits per heavy atom. The van der Waals surface area contributed by atoms with Crippen LogP contribution in [0.2, 0.25) is 0 Å². The van der Waals surface area contributed by atoms with Crippen LogP contribution in [-0.2, 0) is 0 Å². The van der Waals surface area contributed by atoms with Crippen molar-refractivity contribution in [3.05, 3.63) is 47.3 Å². The summed E-state index contributed by atoms with van der Waals surface area (Å²) >= 11 is 0. The lowest BCUT2D eigenvalue weighted by Crippen LogP contribution is -2.29. The van der Waals surface area contributed by atoms with E-state index in [1.807, 2.05) is 20.0 Å². The summed E-state index contributed by atoms with van der Waals surface area (Å²) in [7, 11) is 0. The maximum atomic E-state index is 11.2. The minimum atomic E-state index is -0.0555. The van der Waals surface area contributed by atoms with E-state index in [0.29, 0.717) is 24.7 Å². The number of carbonyl (C=O) groups is 1. The molecule has 1 aliphatic heterocycles. The number of phenolic OH excluding ortho intramolecular Hbond substituents is 1. The summed E-state index contributed by atoms with van der Waals surface area (Å²) < 4.78 is 8.06. The summed E-state index contributed by atoms with van der Waals surface area (Å²) in [5.74, 6) is 0.359. The van der Waals surface area contributed by atoms with Gasteiger partial charge >= 0.3 is 0 Å². The predicted octanol–water partition coefficient (Wildman–Crippen LogP) is 3.98. The Morgan fingerprint density at radius 1 is 1.32 bits per heavy atom. The number of aromatic hydroxyl groups is 1. The molecule has 0 bridgehead atoms. The van der Waals surface area contributed by atoms with Gasteiger partial charge in [-0.1, -0.05) is 19.9 Å². The van der Waals surface area contributed by atoms with Crippen LogP contribution in [0, 0.1) is 0 Å². The largest absolute Gasteiger partial charge is 0.507 e. The average molecular weight is 383 g/mol. The number of hydrogen-bond acceptors (Lipinski definition) is 5. The molecular formula is C22H29N3O3. The fourth-order valence-corrected chi connectivity index (χ4v) is 3.58. The summed E-state index contributed by atoms with van der Waals surface area (Å²) in [6.07, 6.45) is 7.03. The van der Waals surface area contributed by atoms with Crippen molar-refractivity contribution < 1.29 is 14.6 Å². The molecule has 0 radical (unpaired) electrons. The van der Waals surface area contributed by atoms with Crippen LogP contribution in [-0.4, -0.2) is 40.9 Å². The zero-order chi connectivity index (χ0) is 19.9. The van der Waals surface area contributed by atoms with Gasteiger partial charge in [0.25, 0.3) is 0 Å². The van der Waals surface area contributed by atoms with Gasteiger partial charge in [-0.05, 0) is 61.6 Å². The molecule has 2 aromatic rings. The Bertz CT molecular complexity index is 837. The van der Waals surface area contributed by atoms with Crippen LogP contribution in [0.1, 0.15) is 61.6 Å². The zero-order valence-corrected chi connectivity index (χ0v) is 16.6. The predicted molar refractivity (Wildman–Crippen MR) is 110 cm³/mol. The Balaban J connectivity index is 0.00000109. The number of nitrogens with zero attached hydrogens (tertiary/aromatic N) is 2. The van der Waals surface area contributed by atoms with Gasteiger partial charge in [0.1, 0.15) is 18.1 Å². The van der Waals surface area contributed by atoms with Crippen LogP contribution in [0.3, 0.4) is 0 Å². The lowest BCUT2D eigenvalue weighted by atomic mass is 9.92. The van der Waals surface area contributed by atoms with Gasteiger partial charge in [0.05, 0.1) is 17.3 Å². The molecule has 2 N–H and O–H groups in total. The van der Waals surface area contributed by atoms with Crippen molar-refractivity contribution in [2.45, 2.75) is 45.6 Å². The summed E-state index contributed by atoms with van der Waals surface area (Å²) in [5.41, 5.74) is 3.80. The Labute approximate surface area is 166 Å². The minimum absolute atomic E-state index is 0.0555. The SMILES string of the molecule is CC.O=Cc1c(O)cccc1OCC1=C(c2ccnn2C2CCC2)CNCC1. The fourth-order valence-electron chi connectivity index (χ4n) is 3.58. The highest BCUT2D eigenvalue weighted by atomic mass is 16.5. The number of ether oxygens (including phenoxy) is 1. The lowest BCUT2D eigenvalue weighted by molar-refractivity contribution is 0.111. The van der Waals surface area contributed by atoms with Crippen LogP contribution >= 0.6 is 0 Å². The van der Waals surface area contributed by atoms with Crippen molar-refractivity contribution in [1.29, 1.82) is 0 Å². The van der Waals surface area contributed by atoms with E-state index in [1.165, 1.54) is 36.5 Å². The standard InChI is InChI=1S/C20H23N3O3.C2H6/c24-12-17-19(25)5-2-6-20(17)26-13-14-7-9-21-11-16(14)18-8-10-22-23(18)15-3-1-4-15;1-2/h2,5-6,8,10,12,15,21,25H,1,3-4,7,9,11,13H2;1-2H3. The highest BCUT2D eigenvalue weighted by Crippen LogP contribution is 2.35. The number of aromatic nitrogens is 2. The number of aldehydes is 1. The molecule has 2 aliphatic rings. The molecule has 0 amide bonds. The monoisotopic (exact) mass is 383 g/mol. The molecule has 0 spiro atoms. The molecule has 150 valence electrons. The average Bonchev–Trinajstić information content (AvgIpc) is 3.15. The first-order chi connectivity index (χ1) is 13.8. The van der Waals surface area contributed by atoms with E-state index in [0.717, 1.165) is 25.2 Å². The lowest BCUT2D eigenvalue weighted by Gasteiger charge is -2.30. The highest BCUT2D eigenvalue weighted by molar-refractivity contribution is 5.83. The van der Waals surface area contributed by atoms with E-state index in [4.69, 9.17) is 4.74 Å². The molecule has 2 heterocycles. The molecule has 1 fully saturated rings.